The Hall–Kier alpha value is 0.262. The van der Waals surface area contributed by atoms with Gasteiger partial charge in [0.15, 0.2) is 0 Å². The van der Waals surface area contributed by atoms with Crippen molar-refractivity contribution in [1.29, 1.82) is 0 Å². The quantitative estimate of drug-likeness (QED) is 0.389. The van der Waals surface area contributed by atoms with Gasteiger partial charge < -0.3 is 0 Å². The van der Waals surface area contributed by atoms with Crippen molar-refractivity contribution in [2.75, 3.05) is 0 Å². The van der Waals surface area contributed by atoms with E-state index in [-0.39, 0.29) is 11.7 Å². The lowest BCUT2D eigenvalue weighted by molar-refractivity contribution is 0.424. The van der Waals surface area contributed by atoms with Gasteiger partial charge in [-0.15, -0.1) is 0 Å². The molecule has 0 spiro atoms. The lowest BCUT2D eigenvalue weighted by Gasteiger charge is -2.31. The van der Waals surface area contributed by atoms with Crippen molar-refractivity contribution in [3.63, 3.8) is 0 Å². The second kappa shape index (κ2) is 4.99. The Bertz CT molecular complexity index is 577. The van der Waals surface area contributed by atoms with Crippen molar-refractivity contribution in [3.8, 4) is 0 Å². The minimum absolute atomic E-state index is 0.112. The molecule has 1 aliphatic rings. The van der Waals surface area contributed by atoms with Crippen molar-refractivity contribution in [2.24, 2.45) is 0 Å². The maximum absolute atomic E-state index is 11.1. The molecular formula is C5H11AlO9S3. The van der Waals surface area contributed by atoms with Gasteiger partial charge in [0.25, 0.3) is 45.6 Å². The fraction of sp³-hybridized carbons (Fsp3) is 1.00. The SMILES string of the molecule is O=S(=O)(O)C1C[CH2][AlH][CH](S(=O)(=O)O)C1S(=O)(=O)O. The Kier molecular flexibility index (Phi) is 4.52. The zero-order valence-electron chi connectivity index (χ0n) is 8.87. The molecule has 18 heavy (non-hydrogen) atoms. The van der Waals surface area contributed by atoms with Gasteiger partial charge in [-0.2, -0.15) is 16.8 Å². The van der Waals surface area contributed by atoms with Gasteiger partial charge in [0.2, 0.25) is 0 Å². The summed E-state index contributed by atoms with van der Waals surface area (Å²) in [5.74, 6) is 0. The lowest BCUT2D eigenvalue weighted by Crippen LogP contribution is -2.55. The zero-order chi connectivity index (χ0) is 14.4. The molecular weight excluding hydrogens is 327 g/mol. The topological polar surface area (TPSA) is 163 Å². The molecule has 0 radical (unpaired) electrons. The highest BCUT2D eigenvalue weighted by atomic mass is 32.2. The molecule has 0 aromatic heterocycles. The molecule has 1 rings (SSSR count). The van der Waals surface area contributed by atoms with Crippen LogP contribution in [-0.4, -0.2) is 68.7 Å². The molecule has 3 atom stereocenters. The first-order chi connectivity index (χ1) is 7.85. The summed E-state index contributed by atoms with van der Waals surface area (Å²) in [7, 11) is -14.7. The Morgan fingerprint density at radius 2 is 1.33 bits per heavy atom. The van der Waals surface area contributed by atoms with E-state index in [0.29, 0.717) is 0 Å². The van der Waals surface area contributed by atoms with E-state index in [0.717, 1.165) is 0 Å². The molecule has 0 aromatic carbocycles. The number of rotatable bonds is 3. The van der Waals surface area contributed by atoms with Crippen LogP contribution in [0, 0.1) is 0 Å². The molecule has 0 aromatic rings. The van der Waals surface area contributed by atoms with Gasteiger partial charge in [0, 0.05) is 0 Å². The van der Waals surface area contributed by atoms with E-state index < -0.39 is 60.2 Å². The van der Waals surface area contributed by atoms with Crippen LogP contribution >= 0.6 is 0 Å². The van der Waals surface area contributed by atoms with Gasteiger partial charge in [-0.05, 0) is 6.42 Å². The van der Waals surface area contributed by atoms with Crippen LogP contribution in [0.25, 0.3) is 0 Å². The predicted octanol–water partition coefficient (Wildman–Crippen LogP) is -2.03. The first kappa shape index (κ1) is 16.3. The summed E-state index contributed by atoms with van der Waals surface area (Å²) in [5.41, 5.74) is 0. The van der Waals surface area contributed by atoms with Gasteiger partial charge in [-0.3, -0.25) is 13.7 Å². The second-order valence-electron chi connectivity index (χ2n) is 4.02. The molecule has 0 bridgehead atoms. The molecule has 0 aliphatic carbocycles. The monoisotopic (exact) mass is 338 g/mol. The summed E-state index contributed by atoms with van der Waals surface area (Å²) in [6.07, 6.45) is -0.262. The van der Waals surface area contributed by atoms with Crippen molar-refractivity contribution < 1.29 is 38.9 Å². The van der Waals surface area contributed by atoms with Gasteiger partial charge in [-0.1, -0.05) is 5.28 Å². The summed E-state index contributed by atoms with van der Waals surface area (Å²) in [6.45, 7) is 0. The third-order valence-corrected chi connectivity index (χ3v) is 11.1. The van der Waals surface area contributed by atoms with Gasteiger partial charge in [0.1, 0.15) is 10.5 Å². The fourth-order valence-electron chi connectivity index (χ4n) is 2.11. The van der Waals surface area contributed by atoms with Gasteiger partial charge in [-0.25, -0.2) is 8.42 Å². The molecule has 1 aliphatic heterocycles. The summed E-state index contributed by atoms with van der Waals surface area (Å²) in [5, 5.41) is -4.07. The van der Waals surface area contributed by atoms with E-state index in [1.54, 1.807) is 0 Å². The molecule has 106 valence electrons. The maximum Gasteiger partial charge on any atom is 0.271 e. The summed E-state index contributed by atoms with van der Waals surface area (Å²) >= 11 is -1.65. The molecule has 13 heteroatoms. The third-order valence-electron chi connectivity index (χ3n) is 2.82. The van der Waals surface area contributed by atoms with Crippen molar-refractivity contribution >= 4 is 45.6 Å². The molecule has 0 amide bonds. The fourth-order valence-corrected chi connectivity index (χ4v) is 11.4. The van der Waals surface area contributed by atoms with E-state index in [1.807, 2.05) is 0 Å². The molecule has 0 saturated carbocycles. The van der Waals surface area contributed by atoms with Crippen LogP contribution < -0.4 is 0 Å². The van der Waals surface area contributed by atoms with Crippen molar-refractivity contribution in [1.82, 2.24) is 0 Å². The van der Waals surface area contributed by atoms with Crippen LogP contribution in [0.4, 0.5) is 0 Å². The first-order valence-electron chi connectivity index (χ1n) is 4.74. The van der Waals surface area contributed by atoms with Crippen LogP contribution in [0.5, 0.6) is 0 Å². The van der Waals surface area contributed by atoms with Crippen LogP contribution in [0.2, 0.25) is 5.28 Å². The van der Waals surface area contributed by atoms with Gasteiger partial charge in [0.05, 0.1) is 4.11 Å². The largest absolute Gasteiger partial charge is 0.286 e. The number of hydrogen-bond donors (Lipinski definition) is 3. The Morgan fingerprint density at radius 3 is 1.67 bits per heavy atom. The molecule has 9 nitrogen and oxygen atoms in total. The highest BCUT2D eigenvalue weighted by molar-refractivity contribution is 7.93. The Labute approximate surface area is 111 Å². The van der Waals surface area contributed by atoms with E-state index in [4.69, 9.17) is 13.7 Å². The summed E-state index contributed by atoms with van der Waals surface area (Å²) in [6, 6.07) is 0. The van der Waals surface area contributed by atoms with E-state index in [1.165, 1.54) is 0 Å². The van der Waals surface area contributed by atoms with Crippen LogP contribution in [0.3, 0.4) is 0 Å². The molecule has 3 unspecified atom stereocenters. The highest BCUT2D eigenvalue weighted by Crippen LogP contribution is 2.29. The summed E-state index contributed by atoms with van der Waals surface area (Å²) in [4.78, 5) is 0. The smallest absolute Gasteiger partial charge is 0.271 e. The molecule has 1 fully saturated rings. The molecule has 3 N–H and O–H groups in total. The van der Waals surface area contributed by atoms with E-state index in [9.17, 15) is 25.3 Å². The average Bonchev–Trinajstić information content (AvgIpc) is 2.12. The third kappa shape index (κ3) is 3.64. The van der Waals surface area contributed by atoms with Crippen LogP contribution in [0.15, 0.2) is 0 Å². The minimum Gasteiger partial charge on any atom is -0.286 e. The van der Waals surface area contributed by atoms with E-state index >= 15 is 0 Å². The van der Waals surface area contributed by atoms with Gasteiger partial charge >= 0.3 is 0 Å². The van der Waals surface area contributed by atoms with Crippen LogP contribution in [0.1, 0.15) is 6.42 Å². The van der Waals surface area contributed by atoms with Crippen LogP contribution in [-0.2, 0) is 30.4 Å². The number of hydrogen-bond acceptors (Lipinski definition) is 6. The minimum atomic E-state index is -5.03. The average molecular weight is 338 g/mol. The first-order valence-corrected chi connectivity index (χ1v) is 11.1. The highest BCUT2D eigenvalue weighted by Gasteiger charge is 2.52. The van der Waals surface area contributed by atoms with E-state index in [2.05, 4.69) is 0 Å². The van der Waals surface area contributed by atoms with Crippen molar-refractivity contribution in [2.45, 2.75) is 26.3 Å². The standard InChI is InChI=1S/C5H10O9S3.Al.H/c1-2-4(16(9,10)11)5(17(12,13)14)3-15(6,7)8;;/h3-5H,1-2H2,(H,6,7,8)(H,9,10,11)(H,12,13,14);;. The predicted molar refractivity (Wildman–Crippen MR) is 62.6 cm³/mol. The second-order valence-corrected chi connectivity index (χ2v) is 11.6. The molecule has 1 heterocycles. The lowest BCUT2D eigenvalue weighted by atomic mass is 10.2. The summed E-state index contributed by atoms with van der Waals surface area (Å²) < 4.78 is 91.4. The Morgan fingerprint density at radius 1 is 0.833 bits per heavy atom. The van der Waals surface area contributed by atoms with Crippen molar-refractivity contribution in [3.05, 3.63) is 0 Å². The molecule has 1 saturated heterocycles. The Balaban J connectivity index is 3.41. The normalized spacial score (nSPS) is 30.7. The zero-order valence-corrected chi connectivity index (χ0v) is 12.7. The maximum atomic E-state index is 11.1.